The number of carbonyl (C=O) groups excluding carboxylic acids is 1. The molecule has 1 N–H and O–H groups in total. The van der Waals surface area contributed by atoms with E-state index in [0.29, 0.717) is 25.2 Å². The minimum absolute atomic E-state index is 0.215. The van der Waals surface area contributed by atoms with Crippen molar-refractivity contribution in [2.45, 2.75) is 51.2 Å². The van der Waals surface area contributed by atoms with Gasteiger partial charge in [-0.05, 0) is 51.9 Å². The summed E-state index contributed by atoms with van der Waals surface area (Å²) in [4.78, 5) is 16.6. The summed E-state index contributed by atoms with van der Waals surface area (Å²) in [7, 11) is 1.93. The van der Waals surface area contributed by atoms with Gasteiger partial charge in [-0.2, -0.15) is 0 Å². The second-order valence-electron chi connectivity index (χ2n) is 6.27. The molecule has 1 unspecified atom stereocenters. The highest BCUT2D eigenvalue weighted by atomic mass is 16.5. The lowest BCUT2D eigenvalue weighted by Gasteiger charge is -2.28. The van der Waals surface area contributed by atoms with Crippen LogP contribution in [-0.4, -0.2) is 74.2 Å². The molecule has 2 aliphatic rings. The fraction of sp³-hybridized carbons (Fsp3) is 0.938. The number of rotatable bonds is 7. The van der Waals surface area contributed by atoms with Gasteiger partial charge in [0.25, 0.3) is 0 Å². The lowest BCUT2D eigenvalue weighted by molar-refractivity contribution is -0.132. The zero-order valence-electron chi connectivity index (χ0n) is 13.6. The van der Waals surface area contributed by atoms with E-state index in [9.17, 15) is 4.79 Å². The Morgan fingerprint density at radius 3 is 2.81 bits per heavy atom. The SMILES string of the molecule is CCN1CCCC1CN(C)C(=O)CCOC1CCNCC1. The quantitative estimate of drug-likeness (QED) is 0.764. The maximum atomic E-state index is 12.2. The maximum Gasteiger partial charge on any atom is 0.224 e. The van der Waals surface area contributed by atoms with Crippen LogP contribution < -0.4 is 5.32 Å². The molecule has 0 saturated carbocycles. The molecule has 5 nitrogen and oxygen atoms in total. The van der Waals surface area contributed by atoms with E-state index in [2.05, 4.69) is 17.1 Å². The summed E-state index contributed by atoms with van der Waals surface area (Å²) in [5.41, 5.74) is 0. The third kappa shape index (κ3) is 5.24. The Morgan fingerprint density at radius 2 is 2.10 bits per heavy atom. The van der Waals surface area contributed by atoms with Crippen molar-refractivity contribution in [1.29, 1.82) is 0 Å². The Balaban J connectivity index is 1.62. The molecule has 5 heteroatoms. The number of carbonyl (C=O) groups is 1. The van der Waals surface area contributed by atoms with Gasteiger partial charge in [0, 0.05) is 19.6 Å². The van der Waals surface area contributed by atoms with Gasteiger partial charge < -0.3 is 15.0 Å². The van der Waals surface area contributed by atoms with Crippen LogP contribution in [0, 0.1) is 0 Å². The minimum Gasteiger partial charge on any atom is -0.378 e. The fourth-order valence-corrected chi connectivity index (χ4v) is 3.40. The number of hydrogen-bond acceptors (Lipinski definition) is 4. The highest BCUT2D eigenvalue weighted by molar-refractivity contribution is 5.76. The Kier molecular flexibility index (Phi) is 6.93. The van der Waals surface area contributed by atoms with E-state index < -0.39 is 0 Å². The van der Waals surface area contributed by atoms with Crippen molar-refractivity contribution in [1.82, 2.24) is 15.1 Å². The Bertz CT molecular complexity index is 319. The zero-order valence-corrected chi connectivity index (χ0v) is 13.6. The molecule has 0 spiro atoms. The molecule has 2 aliphatic heterocycles. The van der Waals surface area contributed by atoms with E-state index in [1.165, 1.54) is 19.4 Å². The molecule has 2 saturated heterocycles. The van der Waals surface area contributed by atoms with Crippen LogP contribution in [-0.2, 0) is 9.53 Å². The monoisotopic (exact) mass is 297 g/mol. The summed E-state index contributed by atoms with van der Waals surface area (Å²) in [6.45, 7) is 7.97. The van der Waals surface area contributed by atoms with Crippen LogP contribution in [0.4, 0.5) is 0 Å². The van der Waals surface area contributed by atoms with Gasteiger partial charge >= 0.3 is 0 Å². The zero-order chi connectivity index (χ0) is 15.1. The van der Waals surface area contributed by atoms with Crippen molar-refractivity contribution in [3.8, 4) is 0 Å². The first kappa shape index (κ1) is 16.7. The number of ether oxygens (including phenoxy) is 1. The lowest BCUT2D eigenvalue weighted by atomic mass is 10.1. The van der Waals surface area contributed by atoms with Crippen LogP contribution in [0.2, 0.25) is 0 Å². The average molecular weight is 297 g/mol. The largest absolute Gasteiger partial charge is 0.378 e. The number of likely N-dealkylation sites (tertiary alicyclic amines) is 1. The smallest absolute Gasteiger partial charge is 0.224 e. The van der Waals surface area contributed by atoms with Gasteiger partial charge in [0.1, 0.15) is 0 Å². The van der Waals surface area contributed by atoms with E-state index in [1.807, 2.05) is 11.9 Å². The molecule has 0 aromatic rings. The maximum absolute atomic E-state index is 12.2. The molecule has 2 rings (SSSR count). The molecule has 21 heavy (non-hydrogen) atoms. The molecule has 2 heterocycles. The van der Waals surface area contributed by atoms with Crippen LogP contribution >= 0.6 is 0 Å². The molecule has 0 aromatic heterocycles. The van der Waals surface area contributed by atoms with Gasteiger partial charge in [0.05, 0.1) is 19.1 Å². The van der Waals surface area contributed by atoms with Gasteiger partial charge in [0.15, 0.2) is 0 Å². The fourth-order valence-electron chi connectivity index (χ4n) is 3.40. The Hall–Kier alpha value is -0.650. The normalized spacial score (nSPS) is 24.4. The number of nitrogens with zero attached hydrogens (tertiary/aromatic N) is 2. The highest BCUT2D eigenvalue weighted by Gasteiger charge is 2.25. The van der Waals surface area contributed by atoms with Crippen molar-refractivity contribution < 1.29 is 9.53 Å². The summed E-state index contributed by atoms with van der Waals surface area (Å²) in [6, 6.07) is 0.550. The third-order valence-electron chi connectivity index (χ3n) is 4.77. The second kappa shape index (κ2) is 8.71. The molecule has 0 radical (unpaired) electrons. The van der Waals surface area contributed by atoms with Gasteiger partial charge in [-0.1, -0.05) is 6.92 Å². The molecular weight excluding hydrogens is 266 g/mol. The van der Waals surface area contributed by atoms with Crippen molar-refractivity contribution in [2.75, 3.05) is 46.4 Å². The number of likely N-dealkylation sites (N-methyl/N-ethyl adjacent to an activating group) is 2. The number of piperidine rings is 1. The van der Waals surface area contributed by atoms with Crippen molar-refractivity contribution in [3.63, 3.8) is 0 Å². The van der Waals surface area contributed by atoms with Gasteiger partial charge in [-0.25, -0.2) is 0 Å². The molecular formula is C16H31N3O2. The molecule has 0 aromatic carbocycles. The van der Waals surface area contributed by atoms with E-state index in [0.717, 1.165) is 39.0 Å². The number of hydrogen-bond donors (Lipinski definition) is 1. The van der Waals surface area contributed by atoms with Gasteiger partial charge in [0.2, 0.25) is 5.91 Å². The van der Waals surface area contributed by atoms with Gasteiger partial charge in [-0.3, -0.25) is 9.69 Å². The predicted molar refractivity (Wildman–Crippen MR) is 84.4 cm³/mol. The van der Waals surface area contributed by atoms with E-state index in [4.69, 9.17) is 4.74 Å². The standard InChI is InChI=1S/C16H31N3O2/c1-3-19-11-4-5-14(19)13-18(2)16(20)8-12-21-15-6-9-17-10-7-15/h14-15,17H,3-13H2,1-2H3. The molecule has 1 amide bonds. The van der Waals surface area contributed by atoms with Crippen LogP contribution in [0.15, 0.2) is 0 Å². The van der Waals surface area contributed by atoms with E-state index >= 15 is 0 Å². The number of amides is 1. The second-order valence-corrected chi connectivity index (χ2v) is 6.27. The number of nitrogens with one attached hydrogen (secondary N) is 1. The third-order valence-corrected chi connectivity index (χ3v) is 4.77. The lowest BCUT2D eigenvalue weighted by Crippen LogP contribution is -2.41. The van der Waals surface area contributed by atoms with Crippen LogP contribution in [0.5, 0.6) is 0 Å². The summed E-state index contributed by atoms with van der Waals surface area (Å²) >= 11 is 0. The molecule has 2 fully saturated rings. The molecule has 0 aliphatic carbocycles. The summed E-state index contributed by atoms with van der Waals surface area (Å²) in [5.74, 6) is 0.215. The average Bonchev–Trinajstić information content (AvgIpc) is 2.95. The van der Waals surface area contributed by atoms with Crippen LogP contribution in [0.25, 0.3) is 0 Å². The van der Waals surface area contributed by atoms with Crippen molar-refractivity contribution in [3.05, 3.63) is 0 Å². The highest BCUT2D eigenvalue weighted by Crippen LogP contribution is 2.17. The Morgan fingerprint density at radius 1 is 1.33 bits per heavy atom. The van der Waals surface area contributed by atoms with E-state index in [-0.39, 0.29) is 5.91 Å². The van der Waals surface area contributed by atoms with Crippen molar-refractivity contribution in [2.24, 2.45) is 0 Å². The first-order valence-corrected chi connectivity index (χ1v) is 8.51. The predicted octanol–water partition coefficient (Wildman–Crippen LogP) is 1.09. The van der Waals surface area contributed by atoms with Crippen LogP contribution in [0.3, 0.4) is 0 Å². The molecule has 0 bridgehead atoms. The first-order chi connectivity index (χ1) is 10.2. The van der Waals surface area contributed by atoms with E-state index in [1.54, 1.807) is 0 Å². The van der Waals surface area contributed by atoms with Crippen LogP contribution in [0.1, 0.15) is 39.0 Å². The summed E-state index contributed by atoms with van der Waals surface area (Å²) < 4.78 is 5.82. The van der Waals surface area contributed by atoms with Crippen molar-refractivity contribution >= 4 is 5.91 Å². The summed E-state index contributed by atoms with van der Waals surface area (Å²) in [5, 5.41) is 3.32. The summed E-state index contributed by atoms with van der Waals surface area (Å²) in [6.07, 6.45) is 5.47. The Labute approximate surface area is 129 Å². The van der Waals surface area contributed by atoms with Gasteiger partial charge in [-0.15, -0.1) is 0 Å². The first-order valence-electron chi connectivity index (χ1n) is 8.51. The minimum atomic E-state index is 0.215. The molecule has 1 atom stereocenters. The topological polar surface area (TPSA) is 44.8 Å². The molecule has 122 valence electrons.